The van der Waals surface area contributed by atoms with E-state index in [9.17, 15) is 19.7 Å². The zero-order valence-electron chi connectivity index (χ0n) is 12.0. The number of methoxy groups -OCH3 is 1. The molecule has 0 atom stereocenters. The number of ether oxygens (including phenoxy) is 1. The molecule has 0 aliphatic rings. The number of anilines is 1. The molecule has 0 radical (unpaired) electrons. The smallest absolute Gasteiger partial charge is 0.344 e. The third-order valence-electron chi connectivity index (χ3n) is 2.97. The van der Waals surface area contributed by atoms with Crippen LogP contribution in [0.4, 0.5) is 11.4 Å². The molecule has 0 amide bonds. The Morgan fingerprint density at radius 1 is 1.43 bits per heavy atom. The third-order valence-corrected chi connectivity index (χ3v) is 2.97. The molecule has 0 saturated carbocycles. The quantitative estimate of drug-likeness (QED) is 0.482. The summed E-state index contributed by atoms with van der Waals surface area (Å²) in [6.45, 7) is 1.73. The van der Waals surface area contributed by atoms with E-state index in [1.807, 2.05) is 0 Å². The van der Waals surface area contributed by atoms with Gasteiger partial charge in [0.1, 0.15) is 5.56 Å². The van der Waals surface area contributed by atoms with Crippen LogP contribution in [0.1, 0.15) is 22.3 Å². The van der Waals surface area contributed by atoms with Gasteiger partial charge >= 0.3 is 11.9 Å². The first-order valence-electron chi connectivity index (χ1n) is 6.08. The summed E-state index contributed by atoms with van der Waals surface area (Å²) < 4.78 is 4.56. The number of aliphatic carboxylic acids is 1. The lowest BCUT2D eigenvalue weighted by atomic mass is 10.1. The second kappa shape index (κ2) is 6.69. The van der Waals surface area contributed by atoms with E-state index in [4.69, 9.17) is 5.11 Å². The Morgan fingerprint density at radius 2 is 2.05 bits per heavy atom. The fourth-order valence-electron chi connectivity index (χ4n) is 1.88. The van der Waals surface area contributed by atoms with Gasteiger partial charge in [0, 0.05) is 24.8 Å². The van der Waals surface area contributed by atoms with Gasteiger partial charge in [-0.25, -0.2) is 4.79 Å². The van der Waals surface area contributed by atoms with Gasteiger partial charge in [0.25, 0.3) is 5.69 Å². The number of carboxylic acid groups (broad SMARTS) is 1. The maximum Gasteiger partial charge on any atom is 0.344 e. The zero-order chi connectivity index (χ0) is 16.2. The third kappa shape index (κ3) is 3.91. The first-order chi connectivity index (χ1) is 9.77. The summed E-state index contributed by atoms with van der Waals surface area (Å²) in [7, 11) is 2.78. The van der Waals surface area contributed by atoms with Crippen molar-refractivity contribution in [3.05, 3.63) is 33.4 Å². The lowest BCUT2D eigenvalue weighted by Crippen LogP contribution is -2.22. The van der Waals surface area contributed by atoms with Crippen LogP contribution in [0.5, 0.6) is 0 Å². The molecule has 114 valence electrons. The standard InChI is InChI=1S/C13H16N2O6/c1-8-6-9(14(2)5-4-11(16)17)7-10(13(18)21-3)12(8)15(19)20/h6-7H,4-5H2,1-3H3,(H,16,17). The SMILES string of the molecule is COC(=O)c1cc(N(C)CCC(=O)O)cc(C)c1[N+](=O)[O-]. The van der Waals surface area contributed by atoms with Crippen LogP contribution in [0.2, 0.25) is 0 Å². The van der Waals surface area contributed by atoms with Crippen molar-refractivity contribution in [2.75, 3.05) is 25.6 Å². The number of nitro groups is 1. The second-order valence-electron chi connectivity index (χ2n) is 4.47. The molecule has 1 N–H and O–H groups in total. The predicted molar refractivity (Wildman–Crippen MR) is 74.7 cm³/mol. The molecule has 0 aromatic heterocycles. The van der Waals surface area contributed by atoms with Gasteiger partial charge in [0.05, 0.1) is 18.5 Å². The number of rotatable bonds is 6. The van der Waals surface area contributed by atoms with Crippen molar-refractivity contribution in [1.29, 1.82) is 0 Å². The maximum atomic E-state index is 11.7. The molecule has 0 unspecified atom stereocenters. The van der Waals surface area contributed by atoms with E-state index in [2.05, 4.69) is 4.74 Å². The molecule has 0 spiro atoms. The molecular formula is C13H16N2O6. The first-order valence-corrected chi connectivity index (χ1v) is 6.08. The number of hydrogen-bond donors (Lipinski definition) is 1. The Morgan fingerprint density at radius 3 is 2.52 bits per heavy atom. The van der Waals surface area contributed by atoms with Crippen molar-refractivity contribution in [2.24, 2.45) is 0 Å². The van der Waals surface area contributed by atoms with Crippen LogP contribution in [-0.4, -0.2) is 42.7 Å². The van der Waals surface area contributed by atoms with E-state index in [0.717, 1.165) is 7.11 Å². The summed E-state index contributed by atoms with van der Waals surface area (Å²) in [6, 6.07) is 2.87. The van der Waals surface area contributed by atoms with Crippen LogP contribution < -0.4 is 4.90 Å². The average Bonchev–Trinajstić information content (AvgIpc) is 2.42. The van der Waals surface area contributed by atoms with Gasteiger partial charge in [-0.15, -0.1) is 0 Å². The summed E-state index contributed by atoms with van der Waals surface area (Å²) in [5.41, 5.74) is 0.358. The van der Waals surface area contributed by atoms with Crippen molar-refractivity contribution >= 4 is 23.3 Å². The molecule has 0 fully saturated rings. The highest BCUT2D eigenvalue weighted by Gasteiger charge is 2.25. The molecule has 1 aromatic rings. The highest BCUT2D eigenvalue weighted by atomic mass is 16.6. The lowest BCUT2D eigenvalue weighted by molar-refractivity contribution is -0.385. The van der Waals surface area contributed by atoms with Gasteiger partial charge in [-0.1, -0.05) is 0 Å². The normalized spacial score (nSPS) is 10.0. The topological polar surface area (TPSA) is 110 Å². The van der Waals surface area contributed by atoms with Crippen molar-refractivity contribution in [3.63, 3.8) is 0 Å². The molecule has 0 aliphatic heterocycles. The molecule has 21 heavy (non-hydrogen) atoms. The zero-order valence-corrected chi connectivity index (χ0v) is 12.0. The number of nitro benzene ring substituents is 1. The number of carboxylic acids is 1. The summed E-state index contributed by atoms with van der Waals surface area (Å²) in [4.78, 5) is 34.3. The minimum Gasteiger partial charge on any atom is -0.481 e. The fourth-order valence-corrected chi connectivity index (χ4v) is 1.88. The monoisotopic (exact) mass is 296 g/mol. The Balaban J connectivity index is 3.25. The summed E-state index contributed by atoms with van der Waals surface area (Å²) >= 11 is 0. The molecule has 0 bridgehead atoms. The van der Waals surface area contributed by atoms with E-state index in [-0.39, 0.29) is 24.2 Å². The molecule has 0 heterocycles. The van der Waals surface area contributed by atoms with Crippen LogP contribution in [-0.2, 0) is 9.53 Å². The number of benzene rings is 1. The van der Waals surface area contributed by atoms with Crippen molar-refractivity contribution < 1.29 is 24.4 Å². The molecular weight excluding hydrogens is 280 g/mol. The van der Waals surface area contributed by atoms with Crippen LogP contribution in [0, 0.1) is 17.0 Å². The predicted octanol–water partition coefficient (Wildman–Crippen LogP) is 1.60. The van der Waals surface area contributed by atoms with Crippen LogP contribution in [0.25, 0.3) is 0 Å². The molecule has 8 nitrogen and oxygen atoms in total. The van der Waals surface area contributed by atoms with Gasteiger partial charge in [0.15, 0.2) is 0 Å². The van der Waals surface area contributed by atoms with Gasteiger partial charge in [-0.05, 0) is 19.1 Å². The average molecular weight is 296 g/mol. The lowest BCUT2D eigenvalue weighted by Gasteiger charge is -2.19. The largest absolute Gasteiger partial charge is 0.481 e. The van der Waals surface area contributed by atoms with E-state index in [1.165, 1.54) is 19.1 Å². The Kier molecular flexibility index (Phi) is 5.23. The first kappa shape index (κ1) is 16.4. The second-order valence-corrected chi connectivity index (χ2v) is 4.47. The maximum absolute atomic E-state index is 11.7. The number of esters is 1. The van der Waals surface area contributed by atoms with E-state index in [1.54, 1.807) is 11.9 Å². The number of nitrogens with zero attached hydrogens (tertiary/aromatic N) is 2. The number of carbonyl (C=O) groups excluding carboxylic acids is 1. The highest BCUT2D eigenvalue weighted by Crippen LogP contribution is 2.29. The summed E-state index contributed by atoms with van der Waals surface area (Å²) in [6.07, 6.45) is -0.0832. The van der Waals surface area contributed by atoms with Crippen LogP contribution in [0.3, 0.4) is 0 Å². The van der Waals surface area contributed by atoms with Crippen LogP contribution in [0.15, 0.2) is 12.1 Å². The van der Waals surface area contributed by atoms with Gasteiger partial charge < -0.3 is 14.7 Å². The van der Waals surface area contributed by atoms with Crippen molar-refractivity contribution in [1.82, 2.24) is 0 Å². The molecule has 1 aromatic carbocycles. The summed E-state index contributed by atoms with van der Waals surface area (Å²) in [5, 5.41) is 19.7. The number of hydrogen-bond acceptors (Lipinski definition) is 6. The Labute approximate surface area is 121 Å². The Hall–Kier alpha value is -2.64. The molecule has 0 saturated heterocycles. The van der Waals surface area contributed by atoms with Crippen molar-refractivity contribution in [2.45, 2.75) is 13.3 Å². The molecule has 0 aliphatic carbocycles. The number of carbonyl (C=O) groups is 2. The minimum absolute atomic E-state index is 0.0832. The van der Waals surface area contributed by atoms with Crippen molar-refractivity contribution in [3.8, 4) is 0 Å². The van der Waals surface area contributed by atoms with E-state index >= 15 is 0 Å². The number of aryl methyl sites for hydroxylation is 1. The van der Waals surface area contributed by atoms with Gasteiger partial charge in [-0.3, -0.25) is 14.9 Å². The highest BCUT2D eigenvalue weighted by molar-refractivity contribution is 5.95. The van der Waals surface area contributed by atoms with E-state index in [0.29, 0.717) is 11.3 Å². The fraction of sp³-hybridized carbons (Fsp3) is 0.385. The van der Waals surface area contributed by atoms with Crippen LogP contribution >= 0.6 is 0 Å². The summed E-state index contributed by atoms with van der Waals surface area (Å²) in [5.74, 6) is -1.76. The van der Waals surface area contributed by atoms with E-state index < -0.39 is 16.9 Å². The minimum atomic E-state index is -0.950. The van der Waals surface area contributed by atoms with Gasteiger partial charge in [-0.2, -0.15) is 0 Å². The Bertz CT molecular complexity index is 584. The molecule has 8 heteroatoms. The van der Waals surface area contributed by atoms with Gasteiger partial charge in [0.2, 0.25) is 0 Å². The molecule has 1 rings (SSSR count).